The number of benzene rings is 1. The lowest BCUT2D eigenvalue weighted by Crippen LogP contribution is -2.54. The quantitative estimate of drug-likeness (QED) is 0.519. The van der Waals surface area contributed by atoms with E-state index in [1.165, 1.54) is 15.9 Å². The number of hydrogen-bond acceptors (Lipinski definition) is 3. The third-order valence-electron chi connectivity index (χ3n) is 5.95. The number of carbonyl (C=O) groups excluding carboxylic acids is 1. The predicted molar refractivity (Wildman–Crippen MR) is 120 cm³/mol. The Morgan fingerprint density at radius 1 is 1.28 bits per heavy atom. The van der Waals surface area contributed by atoms with E-state index in [4.69, 9.17) is 16.3 Å². The SMILES string of the molecule is CN(C)C(=O)c1ccc(OCCCC(F)(F)C2CCN(C(=O)O)C(C(C)(C)C)C2)cc1Cl. The van der Waals surface area contributed by atoms with Crippen molar-refractivity contribution < 1.29 is 28.2 Å². The molecule has 1 aromatic rings. The van der Waals surface area contributed by atoms with Crippen molar-refractivity contribution in [1.29, 1.82) is 0 Å². The van der Waals surface area contributed by atoms with E-state index in [1.807, 2.05) is 20.8 Å². The van der Waals surface area contributed by atoms with E-state index >= 15 is 0 Å². The molecule has 180 valence electrons. The number of ether oxygens (including phenoxy) is 1. The second kappa shape index (κ2) is 10.2. The molecule has 2 rings (SSSR count). The van der Waals surface area contributed by atoms with Gasteiger partial charge in [-0.15, -0.1) is 0 Å². The van der Waals surface area contributed by atoms with Crippen LogP contribution in [0.4, 0.5) is 13.6 Å². The van der Waals surface area contributed by atoms with E-state index < -0.39 is 29.4 Å². The minimum absolute atomic E-state index is 0.0869. The topological polar surface area (TPSA) is 70.1 Å². The molecule has 2 atom stereocenters. The van der Waals surface area contributed by atoms with Gasteiger partial charge in [-0.3, -0.25) is 4.79 Å². The normalized spacial score (nSPS) is 19.6. The summed E-state index contributed by atoms with van der Waals surface area (Å²) in [4.78, 5) is 26.2. The summed E-state index contributed by atoms with van der Waals surface area (Å²) in [5.41, 5.74) is -0.0769. The Morgan fingerprint density at radius 3 is 2.47 bits per heavy atom. The van der Waals surface area contributed by atoms with Crippen molar-refractivity contribution in [3.05, 3.63) is 28.8 Å². The van der Waals surface area contributed by atoms with Crippen molar-refractivity contribution in [3.8, 4) is 5.75 Å². The maximum atomic E-state index is 14.9. The van der Waals surface area contributed by atoms with Crippen LogP contribution < -0.4 is 4.74 Å². The Bertz CT molecular complexity index is 827. The van der Waals surface area contributed by atoms with Gasteiger partial charge >= 0.3 is 6.09 Å². The molecule has 0 aromatic heterocycles. The number of carbonyl (C=O) groups is 2. The third kappa shape index (κ3) is 6.47. The van der Waals surface area contributed by atoms with Crippen LogP contribution in [-0.4, -0.2) is 66.1 Å². The lowest BCUT2D eigenvalue weighted by atomic mass is 9.74. The summed E-state index contributed by atoms with van der Waals surface area (Å²) in [5, 5.41) is 9.67. The summed E-state index contributed by atoms with van der Waals surface area (Å²) in [5.74, 6) is -3.59. The highest BCUT2D eigenvalue weighted by Gasteiger charge is 2.47. The van der Waals surface area contributed by atoms with Crippen molar-refractivity contribution in [2.75, 3.05) is 27.2 Å². The monoisotopic (exact) mass is 474 g/mol. The molecule has 32 heavy (non-hydrogen) atoms. The van der Waals surface area contributed by atoms with Gasteiger partial charge in [0, 0.05) is 39.0 Å². The van der Waals surface area contributed by atoms with E-state index in [2.05, 4.69) is 0 Å². The average Bonchev–Trinajstić information content (AvgIpc) is 2.69. The van der Waals surface area contributed by atoms with Gasteiger partial charge in [0.05, 0.1) is 17.2 Å². The molecule has 0 aliphatic carbocycles. The first-order valence-corrected chi connectivity index (χ1v) is 11.1. The van der Waals surface area contributed by atoms with E-state index in [1.54, 1.807) is 26.2 Å². The van der Waals surface area contributed by atoms with Crippen LogP contribution >= 0.6 is 11.6 Å². The Balaban J connectivity index is 1.91. The number of rotatable bonds is 7. The molecule has 2 amide bonds. The summed E-state index contributed by atoms with van der Waals surface area (Å²) in [6, 6.07) is 4.20. The van der Waals surface area contributed by atoms with Crippen LogP contribution in [0.2, 0.25) is 5.02 Å². The molecule has 1 heterocycles. The van der Waals surface area contributed by atoms with Gasteiger partial charge in [-0.05, 0) is 42.9 Å². The van der Waals surface area contributed by atoms with E-state index in [9.17, 15) is 23.5 Å². The minimum Gasteiger partial charge on any atom is -0.494 e. The number of likely N-dealkylation sites (tertiary alicyclic amines) is 1. The first-order chi connectivity index (χ1) is 14.7. The lowest BCUT2D eigenvalue weighted by molar-refractivity contribution is -0.103. The van der Waals surface area contributed by atoms with Gasteiger partial charge in [-0.25, -0.2) is 13.6 Å². The van der Waals surface area contributed by atoms with Crippen LogP contribution in [0, 0.1) is 11.3 Å². The maximum Gasteiger partial charge on any atom is 0.407 e. The zero-order chi connectivity index (χ0) is 24.3. The number of nitrogens with zero attached hydrogens (tertiary/aromatic N) is 2. The Morgan fingerprint density at radius 2 is 1.94 bits per heavy atom. The summed E-state index contributed by atoms with van der Waals surface area (Å²) in [6.45, 7) is 5.84. The largest absolute Gasteiger partial charge is 0.494 e. The van der Waals surface area contributed by atoms with Crippen LogP contribution in [0.1, 0.15) is 56.8 Å². The second-order valence-corrected chi connectivity index (χ2v) is 10.0. The predicted octanol–water partition coefficient (Wildman–Crippen LogP) is 5.64. The minimum atomic E-state index is -2.91. The number of piperidine rings is 1. The molecule has 1 saturated heterocycles. The lowest BCUT2D eigenvalue weighted by Gasteiger charge is -2.46. The highest BCUT2D eigenvalue weighted by Crippen LogP contribution is 2.42. The average molecular weight is 475 g/mol. The van der Waals surface area contributed by atoms with E-state index in [0.29, 0.717) is 11.3 Å². The molecule has 0 spiro atoms. The van der Waals surface area contributed by atoms with Crippen molar-refractivity contribution in [2.45, 2.75) is 58.4 Å². The van der Waals surface area contributed by atoms with Crippen molar-refractivity contribution in [2.24, 2.45) is 11.3 Å². The number of carboxylic acid groups (broad SMARTS) is 1. The Kier molecular flexibility index (Phi) is 8.37. The van der Waals surface area contributed by atoms with Gasteiger partial charge in [-0.1, -0.05) is 32.4 Å². The number of amides is 2. The zero-order valence-corrected chi connectivity index (χ0v) is 20.1. The molecular formula is C23H33ClF2N2O4. The number of hydrogen-bond donors (Lipinski definition) is 1. The molecular weight excluding hydrogens is 442 g/mol. The molecule has 0 radical (unpaired) electrons. The fourth-order valence-electron chi connectivity index (χ4n) is 4.10. The van der Waals surface area contributed by atoms with Gasteiger partial charge in [0.2, 0.25) is 0 Å². The molecule has 0 saturated carbocycles. The maximum absolute atomic E-state index is 14.9. The van der Waals surface area contributed by atoms with Crippen LogP contribution in [0.15, 0.2) is 18.2 Å². The van der Waals surface area contributed by atoms with Gasteiger partial charge in [0.15, 0.2) is 0 Å². The Labute approximate surface area is 193 Å². The first kappa shape index (κ1) is 26.2. The molecule has 1 aliphatic rings. The number of alkyl halides is 2. The van der Waals surface area contributed by atoms with Crippen LogP contribution in [0.25, 0.3) is 0 Å². The summed E-state index contributed by atoms with van der Waals surface area (Å²) in [7, 11) is 3.25. The zero-order valence-electron chi connectivity index (χ0n) is 19.3. The summed E-state index contributed by atoms with van der Waals surface area (Å²) in [6.07, 6.45) is -0.976. The molecule has 0 bridgehead atoms. The standard InChI is InChI=1S/C23H33ClF2N2O4/c1-22(2,3)19-13-15(9-11-28(19)21(30)31)23(25,26)10-6-12-32-16-7-8-17(18(24)14-16)20(29)27(4)5/h7-8,14-15,19H,6,9-13H2,1-5H3,(H,30,31). The van der Waals surface area contributed by atoms with Gasteiger partial charge in [0.25, 0.3) is 11.8 Å². The molecule has 1 fully saturated rings. The summed E-state index contributed by atoms with van der Waals surface area (Å²) >= 11 is 6.15. The first-order valence-electron chi connectivity index (χ1n) is 10.8. The Hall–Kier alpha value is -2.09. The van der Waals surface area contributed by atoms with E-state index in [-0.39, 0.29) is 49.8 Å². The molecule has 1 aliphatic heterocycles. The highest BCUT2D eigenvalue weighted by molar-refractivity contribution is 6.34. The highest BCUT2D eigenvalue weighted by atomic mass is 35.5. The molecule has 6 nitrogen and oxygen atoms in total. The fourth-order valence-corrected chi connectivity index (χ4v) is 4.35. The molecule has 1 aromatic carbocycles. The van der Waals surface area contributed by atoms with Crippen LogP contribution in [0.5, 0.6) is 5.75 Å². The summed E-state index contributed by atoms with van der Waals surface area (Å²) < 4.78 is 35.4. The second-order valence-electron chi connectivity index (χ2n) is 9.63. The van der Waals surface area contributed by atoms with Crippen LogP contribution in [-0.2, 0) is 0 Å². The molecule has 1 N–H and O–H groups in total. The van der Waals surface area contributed by atoms with Gasteiger partial charge in [0.1, 0.15) is 5.75 Å². The van der Waals surface area contributed by atoms with Crippen molar-refractivity contribution in [1.82, 2.24) is 9.80 Å². The smallest absolute Gasteiger partial charge is 0.407 e. The van der Waals surface area contributed by atoms with Gasteiger partial charge < -0.3 is 19.6 Å². The van der Waals surface area contributed by atoms with Crippen LogP contribution in [0.3, 0.4) is 0 Å². The number of halogens is 3. The van der Waals surface area contributed by atoms with Crippen molar-refractivity contribution >= 4 is 23.6 Å². The van der Waals surface area contributed by atoms with Gasteiger partial charge in [-0.2, -0.15) is 0 Å². The third-order valence-corrected chi connectivity index (χ3v) is 6.26. The van der Waals surface area contributed by atoms with Crippen molar-refractivity contribution in [3.63, 3.8) is 0 Å². The fraction of sp³-hybridized carbons (Fsp3) is 0.652. The molecule has 9 heteroatoms. The molecule has 2 unspecified atom stereocenters. The van der Waals surface area contributed by atoms with E-state index in [0.717, 1.165) is 0 Å².